The fourth-order valence-electron chi connectivity index (χ4n) is 7.74. The van der Waals surface area contributed by atoms with Gasteiger partial charge in [0.05, 0.1) is 0 Å². The Morgan fingerprint density at radius 2 is 0.900 bits per heavy atom. The Labute approximate surface area is 293 Å². The highest BCUT2D eigenvalue weighted by atomic mass is 19.1. The molecule has 0 aromatic heterocycles. The van der Waals surface area contributed by atoms with E-state index in [9.17, 15) is 27.2 Å². The van der Waals surface area contributed by atoms with Gasteiger partial charge in [-0.05, 0) is 111 Å². The van der Waals surface area contributed by atoms with E-state index in [1.807, 2.05) is 87.7 Å². The average Bonchev–Trinajstić information content (AvgIpc) is 3.04. The Bertz CT molecular complexity index is 1700. The fraction of sp³-hybridized carbons (Fsp3) is 0.381. The van der Waals surface area contributed by atoms with Crippen LogP contribution >= 0.6 is 0 Å². The average molecular weight is 687 g/mol. The molecule has 2 amide bonds. The number of amides is 2. The van der Waals surface area contributed by atoms with E-state index in [0.29, 0.717) is 37.1 Å². The third kappa shape index (κ3) is 8.28. The molecule has 2 heterocycles. The number of hydrogen-bond donors (Lipinski definition) is 0. The van der Waals surface area contributed by atoms with E-state index in [1.165, 1.54) is 24.3 Å². The van der Waals surface area contributed by atoms with Crippen molar-refractivity contribution in [2.75, 3.05) is 22.9 Å². The first kappa shape index (κ1) is 36.8. The second-order valence-electron chi connectivity index (χ2n) is 14.3. The Hall–Kier alpha value is -4.46. The third-order valence-corrected chi connectivity index (χ3v) is 10.1. The highest BCUT2D eigenvalue weighted by molar-refractivity contribution is 5.97. The summed E-state index contributed by atoms with van der Waals surface area (Å²) < 4.78 is 54.3. The molecule has 264 valence electrons. The predicted molar refractivity (Wildman–Crippen MR) is 191 cm³/mol. The van der Waals surface area contributed by atoms with Crippen LogP contribution in [-0.2, 0) is 22.4 Å². The number of nitrogens with zero attached hydrogens (tertiary/aromatic N) is 2. The number of piperidine rings is 2. The zero-order valence-electron chi connectivity index (χ0n) is 29.7. The second-order valence-corrected chi connectivity index (χ2v) is 14.3. The number of benzene rings is 4. The molecule has 4 nitrogen and oxygen atoms in total. The van der Waals surface area contributed by atoms with Gasteiger partial charge in [-0.2, -0.15) is 0 Å². The fourth-order valence-corrected chi connectivity index (χ4v) is 7.74. The van der Waals surface area contributed by atoms with E-state index in [2.05, 4.69) is 0 Å². The van der Waals surface area contributed by atoms with Gasteiger partial charge in [-0.25, -0.2) is 17.6 Å². The molecular formula is C42H46F4N2O2. The van der Waals surface area contributed by atoms with E-state index >= 15 is 0 Å². The molecule has 0 N–H and O–H groups in total. The predicted octanol–water partition coefficient (Wildman–Crippen LogP) is 9.63. The first-order valence-corrected chi connectivity index (χ1v) is 17.4. The summed E-state index contributed by atoms with van der Waals surface area (Å²) in [6, 6.07) is 19.4. The topological polar surface area (TPSA) is 40.6 Å². The second kappa shape index (κ2) is 15.6. The van der Waals surface area contributed by atoms with Gasteiger partial charge in [0.2, 0.25) is 11.8 Å². The lowest BCUT2D eigenvalue weighted by Gasteiger charge is -2.37. The lowest BCUT2D eigenvalue weighted by Crippen LogP contribution is -2.46. The highest BCUT2D eigenvalue weighted by Gasteiger charge is 2.35. The molecule has 4 aromatic carbocycles. The minimum Gasteiger partial charge on any atom is -0.311 e. The van der Waals surface area contributed by atoms with Crippen LogP contribution < -0.4 is 9.80 Å². The summed E-state index contributed by atoms with van der Waals surface area (Å²) in [4.78, 5) is 29.2. The summed E-state index contributed by atoms with van der Waals surface area (Å²) in [5, 5.41) is 0. The number of aryl methyl sites for hydroxylation is 4. The molecule has 4 atom stereocenters. The van der Waals surface area contributed by atoms with Crippen LogP contribution in [0.25, 0.3) is 0 Å². The molecule has 0 unspecified atom stereocenters. The summed E-state index contributed by atoms with van der Waals surface area (Å²) >= 11 is 0. The van der Waals surface area contributed by atoms with Crippen molar-refractivity contribution in [3.8, 4) is 0 Å². The van der Waals surface area contributed by atoms with Crippen molar-refractivity contribution < 1.29 is 27.2 Å². The van der Waals surface area contributed by atoms with E-state index in [1.54, 1.807) is 0 Å². The minimum atomic E-state index is -0.564. The van der Waals surface area contributed by atoms with Crippen molar-refractivity contribution in [3.05, 3.63) is 129 Å². The van der Waals surface area contributed by atoms with Crippen LogP contribution in [0.2, 0.25) is 0 Å². The van der Waals surface area contributed by atoms with Crippen LogP contribution in [0.3, 0.4) is 0 Å². The summed E-state index contributed by atoms with van der Waals surface area (Å²) in [6.45, 7) is 13.0. The molecule has 2 fully saturated rings. The van der Waals surface area contributed by atoms with Gasteiger partial charge in [0.15, 0.2) is 0 Å². The number of para-hydroxylation sites is 2. The molecule has 0 saturated carbocycles. The Kier molecular flexibility index (Phi) is 11.5. The molecule has 4 aromatic rings. The van der Waals surface area contributed by atoms with Crippen molar-refractivity contribution >= 4 is 23.2 Å². The smallest absolute Gasteiger partial charge is 0.229 e. The molecule has 2 aliphatic heterocycles. The summed E-state index contributed by atoms with van der Waals surface area (Å²) in [5.74, 6) is -1.84. The normalized spacial score (nSPS) is 20.8. The van der Waals surface area contributed by atoms with Crippen LogP contribution in [0.5, 0.6) is 0 Å². The van der Waals surface area contributed by atoms with Gasteiger partial charge in [-0.15, -0.1) is 0 Å². The Morgan fingerprint density at radius 3 is 1.22 bits per heavy atom. The number of carbonyl (C=O) groups excluding carboxylic acids is 2. The summed E-state index contributed by atoms with van der Waals surface area (Å²) in [7, 11) is 0. The number of anilines is 2. The maximum atomic E-state index is 14.0. The van der Waals surface area contributed by atoms with E-state index in [-0.39, 0.29) is 35.5 Å². The number of carbonyl (C=O) groups is 2. The monoisotopic (exact) mass is 686 g/mol. The molecule has 6 rings (SSSR count). The molecule has 0 spiro atoms. The van der Waals surface area contributed by atoms with Gasteiger partial charge in [0.1, 0.15) is 23.3 Å². The number of rotatable bonds is 6. The van der Waals surface area contributed by atoms with E-state index in [0.717, 1.165) is 58.6 Å². The zero-order chi connectivity index (χ0) is 36.3. The van der Waals surface area contributed by atoms with E-state index < -0.39 is 23.3 Å². The van der Waals surface area contributed by atoms with Gasteiger partial charge in [-0.1, -0.05) is 62.4 Å². The van der Waals surface area contributed by atoms with Crippen LogP contribution in [0.1, 0.15) is 60.1 Å². The first-order chi connectivity index (χ1) is 23.7. The van der Waals surface area contributed by atoms with Crippen molar-refractivity contribution in [2.45, 2.75) is 67.2 Å². The lowest BCUT2D eigenvalue weighted by molar-refractivity contribution is -0.124. The van der Waals surface area contributed by atoms with Crippen molar-refractivity contribution in [3.63, 3.8) is 0 Å². The zero-order valence-corrected chi connectivity index (χ0v) is 29.7. The summed E-state index contributed by atoms with van der Waals surface area (Å²) in [5.41, 5.74) is 7.20. The van der Waals surface area contributed by atoms with Crippen molar-refractivity contribution in [2.24, 2.45) is 23.7 Å². The maximum absolute atomic E-state index is 14.0. The SMILES string of the molecule is Cc1cccc(C)c1N1C[C@H](Cc2ccc(F)cc2F)C[C@@H](C)C1=O.Cc1cccc(C)c1N1C[C@H](Cc2ccc(F)cc2F)C[C@H](C)C1=O. The first-order valence-electron chi connectivity index (χ1n) is 17.4. The third-order valence-electron chi connectivity index (χ3n) is 10.1. The van der Waals surface area contributed by atoms with Crippen LogP contribution in [0, 0.1) is 74.6 Å². The largest absolute Gasteiger partial charge is 0.311 e. The lowest BCUT2D eigenvalue weighted by atomic mass is 9.84. The summed E-state index contributed by atoms with van der Waals surface area (Å²) in [6.07, 6.45) is 2.45. The molecule has 50 heavy (non-hydrogen) atoms. The van der Waals surface area contributed by atoms with E-state index in [4.69, 9.17) is 0 Å². The minimum absolute atomic E-state index is 0.110. The standard InChI is InChI=1S/2C21H23F2NO/c2*1-13-5-4-6-14(2)20(13)24-12-16(9-15(3)21(24)25)10-17-7-8-18(22)11-19(17)23/h2*4-8,11,15-16H,9-10,12H2,1-3H3/t15-,16+;15-,16-/m10/s1. The quantitative estimate of drug-likeness (QED) is 0.190. The molecule has 2 saturated heterocycles. The number of halogens is 4. The Morgan fingerprint density at radius 1 is 0.560 bits per heavy atom. The van der Waals surface area contributed by atoms with Gasteiger partial charge in [0.25, 0.3) is 0 Å². The van der Waals surface area contributed by atoms with Crippen LogP contribution in [0.4, 0.5) is 28.9 Å². The molecule has 8 heteroatoms. The van der Waals surface area contributed by atoms with Gasteiger partial charge in [0, 0.05) is 48.4 Å². The van der Waals surface area contributed by atoms with Gasteiger partial charge >= 0.3 is 0 Å². The van der Waals surface area contributed by atoms with Gasteiger partial charge in [-0.3, -0.25) is 9.59 Å². The van der Waals surface area contributed by atoms with Crippen molar-refractivity contribution in [1.29, 1.82) is 0 Å². The highest BCUT2D eigenvalue weighted by Crippen LogP contribution is 2.35. The number of hydrogen-bond acceptors (Lipinski definition) is 2. The molecular weight excluding hydrogens is 640 g/mol. The van der Waals surface area contributed by atoms with Crippen LogP contribution in [-0.4, -0.2) is 24.9 Å². The van der Waals surface area contributed by atoms with Crippen LogP contribution in [0.15, 0.2) is 72.8 Å². The molecule has 0 radical (unpaired) electrons. The van der Waals surface area contributed by atoms with Crippen molar-refractivity contribution in [1.82, 2.24) is 0 Å². The Balaban J connectivity index is 0.000000194. The van der Waals surface area contributed by atoms with Gasteiger partial charge < -0.3 is 9.80 Å². The molecule has 0 bridgehead atoms. The molecule has 2 aliphatic rings. The maximum Gasteiger partial charge on any atom is 0.229 e. The molecule has 0 aliphatic carbocycles.